The summed E-state index contributed by atoms with van der Waals surface area (Å²) in [6.07, 6.45) is 8.04. The number of halogens is 2. The lowest BCUT2D eigenvalue weighted by atomic mass is 10.0. The van der Waals surface area contributed by atoms with Gasteiger partial charge in [-0.25, -0.2) is 0 Å². The second kappa shape index (κ2) is 15.4. The molecule has 0 bridgehead atoms. The molecule has 0 heterocycles. The van der Waals surface area contributed by atoms with Crippen LogP contribution in [0.2, 0.25) is 0 Å². The van der Waals surface area contributed by atoms with E-state index in [1.54, 1.807) is 12.3 Å². The monoisotopic (exact) mass is 473 g/mol. The number of hydrogen-bond donors (Lipinski definition) is 0. The van der Waals surface area contributed by atoms with Gasteiger partial charge in [0.1, 0.15) is 28.2 Å². The highest BCUT2D eigenvalue weighted by atomic mass is 35.5. The fourth-order valence-corrected chi connectivity index (χ4v) is 2.86. The van der Waals surface area contributed by atoms with Crippen LogP contribution in [0.5, 0.6) is 11.5 Å². The van der Waals surface area contributed by atoms with Gasteiger partial charge in [0.25, 0.3) is 0 Å². The smallest absolute Gasteiger partial charge is 0.129 e. The maximum atomic E-state index is 6.15. The van der Waals surface area contributed by atoms with Crippen molar-refractivity contribution in [3.05, 3.63) is 33.8 Å². The largest absolute Gasteiger partial charge is 0.493 e. The Morgan fingerprint density at radius 2 is 1.58 bits per heavy atom. The molecule has 176 valence electrons. The van der Waals surface area contributed by atoms with E-state index in [0.29, 0.717) is 26.4 Å². The number of aryl methyl sites for hydroxylation is 2. The van der Waals surface area contributed by atoms with E-state index >= 15 is 0 Å². The predicted molar refractivity (Wildman–Crippen MR) is 130 cm³/mol. The summed E-state index contributed by atoms with van der Waals surface area (Å²) >= 11 is 11.3. The molecular formula is C24H37Cl2NO4. The normalized spacial score (nSPS) is 11.6. The third kappa shape index (κ3) is 12.9. The summed E-state index contributed by atoms with van der Waals surface area (Å²) in [5, 5.41) is 3.89. The first-order valence-electron chi connectivity index (χ1n) is 11.0. The van der Waals surface area contributed by atoms with Gasteiger partial charge in [0, 0.05) is 6.61 Å². The molecule has 0 aliphatic heterocycles. The zero-order valence-corrected chi connectivity index (χ0v) is 21.0. The van der Waals surface area contributed by atoms with Crippen LogP contribution in [-0.4, -0.2) is 38.2 Å². The van der Waals surface area contributed by atoms with Crippen LogP contribution in [0.3, 0.4) is 0 Å². The van der Waals surface area contributed by atoms with Crippen molar-refractivity contribution < 1.29 is 19.0 Å². The summed E-state index contributed by atoms with van der Waals surface area (Å²) < 4.78 is 17.6. The van der Waals surface area contributed by atoms with Crippen molar-refractivity contribution in [1.82, 2.24) is 0 Å². The zero-order chi connectivity index (χ0) is 23.1. The Hall–Kier alpha value is -1.43. The highest BCUT2D eigenvalue weighted by Gasteiger charge is 2.11. The molecule has 0 spiro atoms. The molecule has 5 nitrogen and oxygen atoms in total. The van der Waals surface area contributed by atoms with Gasteiger partial charge in [-0.2, -0.15) is 0 Å². The van der Waals surface area contributed by atoms with Gasteiger partial charge in [-0.1, -0.05) is 42.2 Å². The van der Waals surface area contributed by atoms with Gasteiger partial charge in [-0.05, 0) is 82.2 Å². The van der Waals surface area contributed by atoms with Gasteiger partial charge in [0.15, 0.2) is 0 Å². The summed E-state index contributed by atoms with van der Waals surface area (Å²) in [5.74, 6) is 1.79. The molecule has 0 radical (unpaired) electrons. The fourth-order valence-electron chi connectivity index (χ4n) is 2.74. The zero-order valence-electron chi connectivity index (χ0n) is 19.5. The van der Waals surface area contributed by atoms with Gasteiger partial charge in [-0.3, -0.25) is 0 Å². The minimum absolute atomic E-state index is 0.208. The molecule has 0 saturated carbocycles. The van der Waals surface area contributed by atoms with E-state index in [1.807, 2.05) is 32.9 Å². The predicted octanol–water partition coefficient (Wildman–Crippen LogP) is 6.88. The molecule has 31 heavy (non-hydrogen) atoms. The molecule has 0 unspecified atom stereocenters. The van der Waals surface area contributed by atoms with Crippen molar-refractivity contribution in [2.75, 3.05) is 26.4 Å². The topological polar surface area (TPSA) is 49.3 Å². The number of benzene rings is 1. The third-order valence-corrected chi connectivity index (χ3v) is 4.55. The number of unbranched alkanes of at least 4 members (excludes halogenated alkanes) is 2. The lowest BCUT2D eigenvalue weighted by Gasteiger charge is -2.17. The minimum atomic E-state index is -0.269. The second-order valence-corrected chi connectivity index (χ2v) is 9.07. The molecule has 7 heteroatoms. The molecule has 0 atom stereocenters. The van der Waals surface area contributed by atoms with Crippen LogP contribution < -0.4 is 9.47 Å². The van der Waals surface area contributed by atoms with Crippen LogP contribution in [0.25, 0.3) is 0 Å². The maximum absolute atomic E-state index is 6.15. The fraction of sp³-hybridized carbons (Fsp3) is 0.625. The highest BCUT2D eigenvalue weighted by Crippen LogP contribution is 2.31. The van der Waals surface area contributed by atoms with Crippen molar-refractivity contribution in [2.24, 2.45) is 5.16 Å². The first kappa shape index (κ1) is 27.6. The second-order valence-electron chi connectivity index (χ2n) is 8.06. The maximum Gasteiger partial charge on any atom is 0.129 e. The first-order chi connectivity index (χ1) is 14.8. The van der Waals surface area contributed by atoms with E-state index in [-0.39, 0.29) is 10.1 Å². The Kier molecular flexibility index (Phi) is 13.7. The lowest BCUT2D eigenvalue weighted by molar-refractivity contribution is 0.000668. The van der Waals surface area contributed by atoms with Gasteiger partial charge in [0.05, 0.1) is 19.4 Å². The van der Waals surface area contributed by atoms with Crippen molar-refractivity contribution in [3.63, 3.8) is 0 Å². The quantitative estimate of drug-likeness (QED) is 0.158. The summed E-state index contributed by atoms with van der Waals surface area (Å²) in [4.78, 5) is 5.26. The van der Waals surface area contributed by atoms with Crippen LogP contribution in [-0.2, 0) is 22.4 Å². The summed E-state index contributed by atoms with van der Waals surface area (Å²) in [5.41, 5.74) is 2.03. The van der Waals surface area contributed by atoms with Crippen molar-refractivity contribution in [1.29, 1.82) is 0 Å². The van der Waals surface area contributed by atoms with E-state index in [4.69, 9.17) is 42.3 Å². The average Bonchev–Trinajstić information content (AvgIpc) is 2.71. The summed E-state index contributed by atoms with van der Waals surface area (Å²) in [6, 6.07) is 4.06. The van der Waals surface area contributed by atoms with Crippen molar-refractivity contribution in [3.8, 4) is 11.5 Å². The molecule has 0 aliphatic rings. The van der Waals surface area contributed by atoms with E-state index in [1.165, 1.54) is 0 Å². The number of hydrogen-bond acceptors (Lipinski definition) is 5. The Bertz CT molecular complexity index is 670. The molecule has 0 amide bonds. The molecule has 1 aromatic rings. The number of ether oxygens (including phenoxy) is 3. The van der Waals surface area contributed by atoms with Gasteiger partial charge in [-0.15, -0.1) is 0 Å². The number of nitrogens with zero attached hydrogens (tertiary/aromatic N) is 1. The first-order valence-corrected chi connectivity index (χ1v) is 11.7. The van der Waals surface area contributed by atoms with Crippen LogP contribution >= 0.6 is 23.2 Å². The Labute approximate surface area is 197 Å². The molecule has 0 aromatic heterocycles. The van der Waals surface area contributed by atoms with Crippen LogP contribution in [0, 0.1) is 0 Å². The minimum Gasteiger partial charge on any atom is -0.493 e. The van der Waals surface area contributed by atoms with Crippen molar-refractivity contribution in [2.45, 2.75) is 72.3 Å². The molecule has 0 saturated heterocycles. The van der Waals surface area contributed by atoms with E-state index in [0.717, 1.165) is 54.7 Å². The molecule has 0 fully saturated rings. The Morgan fingerprint density at radius 1 is 0.935 bits per heavy atom. The van der Waals surface area contributed by atoms with Gasteiger partial charge >= 0.3 is 0 Å². The molecule has 0 N–H and O–H groups in total. The van der Waals surface area contributed by atoms with Gasteiger partial charge < -0.3 is 19.0 Å². The lowest BCUT2D eigenvalue weighted by Crippen LogP contribution is -2.15. The van der Waals surface area contributed by atoms with Gasteiger partial charge in [0.2, 0.25) is 0 Å². The molecule has 1 rings (SSSR count). The Balaban J connectivity index is 2.36. The average molecular weight is 474 g/mol. The summed E-state index contributed by atoms with van der Waals surface area (Å²) in [7, 11) is 0. The Morgan fingerprint density at radius 3 is 2.16 bits per heavy atom. The van der Waals surface area contributed by atoms with Crippen LogP contribution in [0.15, 0.2) is 27.9 Å². The summed E-state index contributed by atoms with van der Waals surface area (Å²) in [6.45, 7) is 12.3. The molecular weight excluding hydrogens is 437 g/mol. The van der Waals surface area contributed by atoms with Crippen LogP contribution in [0.1, 0.15) is 65.0 Å². The number of rotatable bonds is 15. The van der Waals surface area contributed by atoms with Crippen LogP contribution in [0.4, 0.5) is 0 Å². The standard InChI is InChI=1S/C24H37Cl2NO4/c1-6-19-17-21(29-15-11-22(25)26)18-20(7-2)23(19)30-14-10-8-9-13-28-16-12-27-31-24(3,4)5/h11-12,17-18H,6-10,13-16H2,1-5H3. The van der Waals surface area contributed by atoms with E-state index in [9.17, 15) is 0 Å². The third-order valence-electron chi connectivity index (χ3n) is 4.24. The highest BCUT2D eigenvalue weighted by molar-refractivity contribution is 6.55. The molecule has 0 aliphatic carbocycles. The molecule has 1 aromatic carbocycles. The SMILES string of the molecule is CCc1cc(OCC=C(Cl)Cl)cc(CC)c1OCCCCCOCC=NOC(C)(C)C. The van der Waals surface area contributed by atoms with E-state index in [2.05, 4.69) is 19.0 Å². The van der Waals surface area contributed by atoms with Crippen molar-refractivity contribution >= 4 is 29.4 Å². The van der Waals surface area contributed by atoms with E-state index < -0.39 is 0 Å². The number of oxime groups is 1.